The molecule has 4 heteroatoms. The predicted molar refractivity (Wildman–Crippen MR) is 63.5 cm³/mol. The zero-order valence-electron chi connectivity index (χ0n) is 8.25. The molecule has 0 aliphatic rings. The van der Waals surface area contributed by atoms with Crippen molar-refractivity contribution in [2.45, 2.75) is 12.2 Å². The van der Waals surface area contributed by atoms with E-state index >= 15 is 0 Å². The minimum Gasteiger partial charge on any atom is -0.495 e. The summed E-state index contributed by atoms with van der Waals surface area (Å²) in [7, 11) is 1.60. The zero-order valence-corrected chi connectivity index (χ0v) is 9.90. The van der Waals surface area contributed by atoms with E-state index in [9.17, 15) is 0 Å². The normalized spacial score (nSPS) is 12.6. The van der Waals surface area contributed by atoms with Gasteiger partial charge in [-0.15, -0.1) is 0 Å². The third-order valence-corrected chi connectivity index (χ3v) is 2.91. The Morgan fingerprint density at radius 3 is 2.71 bits per heavy atom. The van der Waals surface area contributed by atoms with Crippen LogP contribution in [0.2, 0.25) is 5.02 Å². The standard InChI is InChI=1S/C10H14ClNOS/c1-6-3-9(13-2)8(11)4-7(6)10(14)5-12/h3-4,10,14H,5,12H2,1-2H3. The van der Waals surface area contributed by atoms with Crippen LogP contribution in [0, 0.1) is 6.92 Å². The molecule has 0 aromatic heterocycles. The SMILES string of the molecule is COc1cc(C)c(C(S)CN)cc1Cl. The molecule has 14 heavy (non-hydrogen) atoms. The Bertz CT molecular complexity index is 330. The molecule has 1 aromatic carbocycles. The smallest absolute Gasteiger partial charge is 0.137 e. The van der Waals surface area contributed by atoms with Gasteiger partial charge in [-0.25, -0.2) is 0 Å². The minimum atomic E-state index is 0.0263. The maximum Gasteiger partial charge on any atom is 0.137 e. The van der Waals surface area contributed by atoms with Crippen LogP contribution in [-0.4, -0.2) is 13.7 Å². The van der Waals surface area contributed by atoms with E-state index in [-0.39, 0.29) is 5.25 Å². The van der Waals surface area contributed by atoms with Gasteiger partial charge in [0.25, 0.3) is 0 Å². The Balaban J connectivity index is 3.14. The van der Waals surface area contributed by atoms with E-state index in [0.29, 0.717) is 17.3 Å². The molecule has 1 rings (SSSR count). The van der Waals surface area contributed by atoms with E-state index in [2.05, 4.69) is 12.6 Å². The van der Waals surface area contributed by atoms with Crippen LogP contribution in [0.4, 0.5) is 0 Å². The second-order valence-corrected chi connectivity index (χ2v) is 4.13. The number of thiol groups is 1. The number of ether oxygens (including phenoxy) is 1. The minimum absolute atomic E-state index is 0.0263. The zero-order chi connectivity index (χ0) is 10.7. The van der Waals surface area contributed by atoms with Crippen LogP contribution in [0.5, 0.6) is 5.75 Å². The molecular weight excluding hydrogens is 218 g/mol. The molecule has 2 N–H and O–H groups in total. The monoisotopic (exact) mass is 231 g/mol. The Morgan fingerprint density at radius 2 is 2.21 bits per heavy atom. The maximum absolute atomic E-state index is 6.00. The molecule has 1 unspecified atom stereocenters. The van der Waals surface area contributed by atoms with Crippen LogP contribution < -0.4 is 10.5 Å². The van der Waals surface area contributed by atoms with Crippen LogP contribution in [0.25, 0.3) is 0 Å². The number of nitrogens with two attached hydrogens (primary N) is 1. The van der Waals surface area contributed by atoms with Crippen molar-refractivity contribution in [1.82, 2.24) is 0 Å². The highest BCUT2D eigenvalue weighted by Gasteiger charge is 2.11. The first-order valence-corrected chi connectivity index (χ1v) is 5.21. The lowest BCUT2D eigenvalue weighted by Crippen LogP contribution is -2.08. The maximum atomic E-state index is 6.00. The number of hydrogen-bond acceptors (Lipinski definition) is 3. The molecule has 0 heterocycles. The van der Waals surface area contributed by atoms with E-state index in [1.54, 1.807) is 7.11 Å². The number of halogens is 1. The first-order chi connectivity index (χ1) is 6.60. The largest absolute Gasteiger partial charge is 0.495 e. The summed E-state index contributed by atoms with van der Waals surface area (Å²) in [5, 5.41) is 0.624. The van der Waals surface area contributed by atoms with Gasteiger partial charge >= 0.3 is 0 Å². The quantitative estimate of drug-likeness (QED) is 0.785. The highest BCUT2D eigenvalue weighted by Crippen LogP contribution is 2.32. The summed E-state index contributed by atoms with van der Waals surface area (Å²) in [5.74, 6) is 0.686. The molecule has 1 atom stereocenters. The molecule has 0 bridgehead atoms. The molecule has 78 valence electrons. The summed E-state index contributed by atoms with van der Waals surface area (Å²) in [6, 6.07) is 3.76. The van der Waals surface area contributed by atoms with Gasteiger partial charge < -0.3 is 10.5 Å². The van der Waals surface area contributed by atoms with Gasteiger partial charge in [-0.05, 0) is 30.2 Å². The van der Waals surface area contributed by atoms with Gasteiger partial charge in [-0.3, -0.25) is 0 Å². The third-order valence-electron chi connectivity index (χ3n) is 2.12. The van der Waals surface area contributed by atoms with Gasteiger partial charge in [-0.1, -0.05) is 11.6 Å². The van der Waals surface area contributed by atoms with Crippen molar-refractivity contribution in [2.75, 3.05) is 13.7 Å². The third kappa shape index (κ3) is 2.35. The van der Waals surface area contributed by atoms with Crippen LogP contribution in [0.1, 0.15) is 16.4 Å². The van der Waals surface area contributed by atoms with Crippen LogP contribution >= 0.6 is 24.2 Å². The van der Waals surface area contributed by atoms with Crippen molar-refractivity contribution in [2.24, 2.45) is 5.73 Å². The molecule has 0 saturated heterocycles. The predicted octanol–water partition coefficient (Wildman–Crippen LogP) is 2.59. The number of benzene rings is 1. The van der Waals surface area contributed by atoms with Crippen LogP contribution in [-0.2, 0) is 0 Å². The molecular formula is C10H14ClNOS. The summed E-state index contributed by atoms with van der Waals surface area (Å²) in [5.41, 5.74) is 7.69. The van der Waals surface area contributed by atoms with E-state index in [1.165, 1.54) is 0 Å². The Hall–Kier alpha value is -0.380. The van der Waals surface area contributed by atoms with Gasteiger partial charge in [0, 0.05) is 11.8 Å². The molecule has 0 saturated carbocycles. The summed E-state index contributed by atoms with van der Waals surface area (Å²) < 4.78 is 5.11. The van der Waals surface area contributed by atoms with Crippen molar-refractivity contribution in [3.05, 3.63) is 28.3 Å². The van der Waals surface area contributed by atoms with Gasteiger partial charge in [0.1, 0.15) is 5.75 Å². The fourth-order valence-corrected chi connectivity index (χ4v) is 1.84. The molecule has 0 aliphatic heterocycles. The summed E-state index contributed by atoms with van der Waals surface area (Å²) >= 11 is 10.4. The molecule has 1 aromatic rings. The Morgan fingerprint density at radius 1 is 1.57 bits per heavy atom. The van der Waals surface area contributed by atoms with Gasteiger partial charge in [0.05, 0.1) is 12.1 Å². The molecule has 0 fully saturated rings. The molecule has 0 amide bonds. The topological polar surface area (TPSA) is 35.2 Å². The Labute approximate surface area is 94.8 Å². The van der Waals surface area contributed by atoms with E-state index in [1.807, 2.05) is 19.1 Å². The fourth-order valence-electron chi connectivity index (χ4n) is 1.31. The van der Waals surface area contributed by atoms with Crippen LogP contribution in [0.3, 0.4) is 0 Å². The Kier molecular flexibility index (Phi) is 4.11. The lowest BCUT2D eigenvalue weighted by Gasteiger charge is -2.14. The average molecular weight is 232 g/mol. The average Bonchev–Trinajstić information content (AvgIpc) is 2.19. The molecule has 0 radical (unpaired) electrons. The number of hydrogen-bond donors (Lipinski definition) is 2. The first-order valence-electron chi connectivity index (χ1n) is 4.32. The van der Waals surface area contributed by atoms with Crippen molar-refractivity contribution in [3.63, 3.8) is 0 Å². The number of aryl methyl sites for hydroxylation is 1. The van der Waals surface area contributed by atoms with Gasteiger partial charge in [0.2, 0.25) is 0 Å². The first kappa shape index (κ1) is 11.7. The summed E-state index contributed by atoms with van der Waals surface area (Å²) in [6.45, 7) is 2.49. The van der Waals surface area contributed by atoms with Crippen molar-refractivity contribution in [3.8, 4) is 5.75 Å². The van der Waals surface area contributed by atoms with Crippen molar-refractivity contribution < 1.29 is 4.74 Å². The van der Waals surface area contributed by atoms with Crippen LogP contribution in [0.15, 0.2) is 12.1 Å². The second-order valence-electron chi connectivity index (χ2n) is 3.09. The molecule has 2 nitrogen and oxygen atoms in total. The van der Waals surface area contributed by atoms with E-state index in [4.69, 9.17) is 22.1 Å². The van der Waals surface area contributed by atoms with E-state index in [0.717, 1.165) is 11.1 Å². The summed E-state index contributed by atoms with van der Waals surface area (Å²) in [6.07, 6.45) is 0. The fraction of sp³-hybridized carbons (Fsp3) is 0.400. The lowest BCUT2D eigenvalue weighted by molar-refractivity contribution is 0.414. The van der Waals surface area contributed by atoms with Crippen molar-refractivity contribution in [1.29, 1.82) is 0 Å². The number of rotatable bonds is 3. The second kappa shape index (κ2) is 4.91. The highest BCUT2D eigenvalue weighted by molar-refractivity contribution is 7.80. The lowest BCUT2D eigenvalue weighted by atomic mass is 10.1. The molecule has 0 spiro atoms. The molecule has 0 aliphatic carbocycles. The number of methoxy groups -OCH3 is 1. The van der Waals surface area contributed by atoms with Gasteiger partial charge in [-0.2, -0.15) is 12.6 Å². The van der Waals surface area contributed by atoms with Gasteiger partial charge in [0.15, 0.2) is 0 Å². The van der Waals surface area contributed by atoms with E-state index < -0.39 is 0 Å². The highest BCUT2D eigenvalue weighted by atomic mass is 35.5. The summed E-state index contributed by atoms with van der Waals surface area (Å²) in [4.78, 5) is 0. The van der Waals surface area contributed by atoms with Crippen molar-refractivity contribution >= 4 is 24.2 Å².